The number of nitrogens with one attached hydrogen (secondary N) is 1. The molecule has 1 amide bonds. The van der Waals surface area contributed by atoms with Crippen LogP contribution < -0.4 is 10.1 Å². The summed E-state index contributed by atoms with van der Waals surface area (Å²) in [5.74, 6) is 1.53. The quantitative estimate of drug-likeness (QED) is 0.241. The van der Waals surface area contributed by atoms with E-state index >= 15 is 0 Å². The van der Waals surface area contributed by atoms with Crippen LogP contribution >= 0.6 is 11.8 Å². The van der Waals surface area contributed by atoms with Crippen LogP contribution in [0.1, 0.15) is 35.5 Å². The van der Waals surface area contributed by atoms with Crippen LogP contribution in [0.2, 0.25) is 0 Å². The number of amides is 1. The first-order chi connectivity index (χ1) is 18.1. The molecule has 3 aromatic carbocycles. The molecule has 0 spiro atoms. The normalized spacial score (nSPS) is 19.1. The number of carbonyl (C=O) groups is 1. The van der Waals surface area contributed by atoms with Gasteiger partial charge in [0.15, 0.2) is 6.29 Å². The fourth-order valence-electron chi connectivity index (χ4n) is 4.00. The number of thioether (sulfide) groups is 1. The number of hydrogen-bond acceptors (Lipinski definition) is 7. The van der Waals surface area contributed by atoms with E-state index in [2.05, 4.69) is 11.9 Å². The molecule has 1 heterocycles. The Balaban J connectivity index is 1.53. The van der Waals surface area contributed by atoms with Gasteiger partial charge in [0.25, 0.3) is 0 Å². The molecule has 7 nitrogen and oxygen atoms in total. The zero-order chi connectivity index (χ0) is 26.0. The molecular weight excluding hydrogens is 490 g/mol. The van der Waals surface area contributed by atoms with Gasteiger partial charge < -0.3 is 24.1 Å². The molecule has 1 fully saturated rings. The van der Waals surface area contributed by atoms with Gasteiger partial charge in [-0.25, -0.2) is 4.79 Å². The minimum absolute atomic E-state index is 0.00919. The van der Waals surface area contributed by atoms with Gasteiger partial charge >= 0.3 is 6.09 Å². The second kappa shape index (κ2) is 13.3. The largest absolute Gasteiger partial charge is 0.496 e. The second-order valence-electron chi connectivity index (χ2n) is 8.45. The van der Waals surface area contributed by atoms with E-state index in [9.17, 15) is 9.90 Å². The average molecular weight is 522 g/mol. The summed E-state index contributed by atoms with van der Waals surface area (Å²) in [5.41, 5.74) is 3.22. The maximum absolute atomic E-state index is 12.0. The van der Waals surface area contributed by atoms with Crippen LogP contribution in [-0.4, -0.2) is 36.8 Å². The van der Waals surface area contributed by atoms with E-state index in [0.29, 0.717) is 17.9 Å². The average Bonchev–Trinajstić information content (AvgIpc) is 2.95. The Kier molecular flexibility index (Phi) is 9.62. The predicted octanol–water partition coefficient (Wildman–Crippen LogP) is 6.26. The molecule has 3 unspecified atom stereocenters. The monoisotopic (exact) mass is 521 g/mol. The van der Waals surface area contributed by atoms with Crippen LogP contribution in [0, 0.1) is 0 Å². The number of ether oxygens (including phenoxy) is 4. The van der Waals surface area contributed by atoms with Gasteiger partial charge in [0.2, 0.25) is 0 Å². The molecule has 3 atom stereocenters. The Bertz CT molecular complexity index is 1190. The first-order valence-electron chi connectivity index (χ1n) is 12.0. The first-order valence-corrected chi connectivity index (χ1v) is 13.0. The lowest BCUT2D eigenvalue weighted by Crippen LogP contribution is -2.31. The van der Waals surface area contributed by atoms with E-state index in [-0.39, 0.29) is 25.4 Å². The molecule has 8 heteroatoms. The van der Waals surface area contributed by atoms with E-state index in [1.54, 1.807) is 24.9 Å². The van der Waals surface area contributed by atoms with E-state index in [1.807, 2.05) is 66.7 Å². The van der Waals surface area contributed by atoms with Crippen molar-refractivity contribution in [2.75, 3.05) is 24.8 Å². The number of rotatable bonds is 10. The van der Waals surface area contributed by atoms with Gasteiger partial charge in [-0.05, 0) is 35.4 Å². The summed E-state index contributed by atoms with van der Waals surface area (Å²) in [4.78, 5) is 13.0. The van der Waals surface area contributed by atoms with Crippen LogP contribution in [0.5, 0.6) is 5.75 Å². The standard InChI is InChI=1S/C29H31NO6S/c1-3-15-34-29(32)30-23-8-6-7-22(16-23)28-35-24(19-37-27-10-5-4-9-25(27)33-2)17-26(36-28)21-13-11-20(18-31)12-14-21/h3-14,16,24,26,28,31H,1,15,17-19H2,2H3,(H,30,32). The summed E-state index contributed by atoms with van der Waals surface area (Å²) in [6, 6.07) is 23.0. The molecule has 0 radical (unpaired) electrons. The highest BCUT2D eigenvalue weighted by Crippen LogP contribution is 2.40. The molecule has 4 rings (SSSR count). The number of benzene rings is 3. The van der Waals surface area contributed by atoms with E-state index in [0.717, 1.165) is 27.3 Å². The van der Waals surface area contributed by atoms with E-state index in [4.69, 9.17) is 18.9 Å². The molecule has 2 N–H and O–H groups in total. The number of hydrogen-bond donors (Lipinski definition) is 2. The fourth-order valence-corrected chi connectivity index (χ4v) is 5.04. The number of aliphatic hydroxyl groups excluding tert-OH is 1. The minimum Gasteiger partial charge on any atom is -0.496 e. The lowest BCUT2D eigenvalue weighted by atomic mass is 10.0. The summed E-state index contributed by atoms with van der Waals surface area (Å²) in [6.07, 6.45) is 0.675. The molecule has 0 saturated carbocycles. The number of anilines is 1. The van der Waals surface area contributed by atoms with Gasteiger partial charge in [0.1, 0.15) is 12.4 Å². The molecule has 1 saturated heterocycles. The third-order valence-corrected chi connectivity index (χ3v) is 7.03. The lowest BCUT2D eigenvalue weighted by molar-refractivity contribution is -0.245. The highest BCUT2D eigenvalue weighted by atomic mass is 32.2. The Morgan fingerprint density at radius 3 is 2.68 bits per heavy atom. The van der Waals surface area contributed by atoms with Crippen LogP contribution in [0.15, 0.2) is 90.3 Å². The third kappa shape index (κ3) is 7.36. The van der Waals surface area contributed by atoms with Crippen molar-refractivity contribution in [2.45, 2.75) is 36.4 Å². The maximum Gasteiger partial charge on any atom is 0.411 e. The van der Waals surface area contributed by atoms with E-state index < -0.39 is 12.4 Å². The topological polar surface area (TPSA) is 86.3 Å². The van der Waals surface area contributed by atoms with Crippen molar-refractivity contribution >= 4 is 23.5 Å². The van der Waals surface area contributed by atoms with Crippen molar-refractivity contribution in [3.8, 4) is 5.75 Å². The van der Waals surface area contributed by atoms with Crippen molar-refractivity contribution < 1.29 is 28.8 Å². The zero-order valence-electron chi connectivity index (χ0n) is 20.7. The molecule has 0 bridgehead atoms. The molecule has 1 aliphatic rings. The molecule has 0 aromatic heterocycles. The molecule has 37 heavy (non-hydrogen) atoms. The maximum atomic E-state index is 12.0. The van der Waals surface area contributed by atoms with Gasteiger partial charge in [0.05, 0.1) is 25.9 Å². The van der Waals surface area contributed by atoms with Crippen LogP contribution in [0.25, 0.3) is 0 Å². The van der Waals surface area contributed by atoms with Crippen LogP contribution in [0.3, 0.4) is 0 Å². The minimum atomic E-state index is -0.634. The highest BCUT2D eigenvalue weighted by molar-refractivity contribution is 7.99. The summed E-state index contributed by atoms with van der Waals surface area (Å²) < 4.78 is 23.3. The number of methoxy groups -OCH3 is 1. The SMILES string of the molecule is C=CCOC(=O)Nc1cccc(C2OC(CSc3ccccc3OC)CC(c3ccc(CO)cc3)O2)c1. The highest BCUT2D eigenvalue weighted by Gasteiger charge is 2.32. The number of para-hydroxylation sites is 1. The van der Waals surface area contributed by atoms with Gasteiger partial charge in [-0.15, -0.1) is 11.8 Å². The Morgan fingerprint density at radius 1 is 1.11 bits per heavy atom. The van der Waals surface area contributed by atoms with Crippen molar-refractivity contribution in [3.63, 3.8) is 0 Å². The van der Waals surface area contributed by atoms with Crippen LogP contribution in [0.4, 0.5) is 10.5 Å². The number of carbonyl (C=O) groups excluding carboxylic acids is 1. The van der Waals surface area contributed by atoms with Crippen molar-refractivity contribution in [1.82, 2.24) is 0 Å². The second-order valence-corrected chi connectivity index (χ2v) is 9.51. The predicted molar refractivity (Wildman–Crippen MR) is 144 cm³/mol. The molecule has 194 valence electrons. The molecule has 0 aliphatic carbocycles. The molecule has 3 aromatic rings. The summed E-state index contributed by atoms with van der Waals surface area (Å²) >= 11 is 1.68. The smallest absolute Gasteiger partial charge is 0.411 e. The van der Waals surface area contributed by atoms with Crippen molar-refractivity contribution in [2.24, 2.45) is 0 Å². The van der Waals surface area contributed by atoms with E-state index in [1.165, 1.54) is 6.08 Å². The summed E-state index contributed by atoms with van der Waals surface area (Å²) in [6.45, 7) is 3.67. The Hall–Kier alpha value is -3.30. The number of aliphatic hydroxyl groups is 1. The van der Waals surface area contributed by atoms with Crippen molar-refractivity contribution in [3.05, 3.63) is 102 Å². The van der Waals surface area contributed by atoms with Gasteiger partial charge in [-0.1, -0.05) is 61.2 Å². The molecular formula is C29H31NO6S. The molecule has 1 aliphatic heterocycles. The van der Waals surface area contributed by atoms with Gasteiger partial charge in [-0.3, -0.25) is 5.32 Å². The van der Waals surface area contributed by atoms with Crippen LogP contribution in [-0.2, 0) is 20.8 Å². The van der Waals surface area contributed by atoms with Crippen molar-refractivity contribution in [1.29, 1.82) is 0 Å². The zero-order valence-corrected chi connectivity index (χ0v) is 21.5. The third-order valence-electron chi connectivity index (χ3n) is 5.85. The summed E-state index contributed by atoms with van der Waals surface area (Å²) in [5, 5.41) is 12.1. The fraction of sp³-hybridized carbons (Fsp3) is 0.276. The first kappa shape index (κ1) is 26.8. The Morgan fingerprint density at radius 2 is 1.92 bits per heavy atom. The van der Waals surface area contributed by atoms with Gasteiger partial charge in [0, 0.05) is 28.3 Å². The summed E-state index contributed by atoms with van der Waals surface area (Å²) in [7, 11) is 1.67. The lowest BCUT2D eigenvalue weighted by Gasteiger charge is -2.36. The van der Waals surface area contributed by atoms with Gasteiger partial charge in [-0.2, -0.15) is 0 Å². The Labute approximate surface area is 221 Å².